The quantitative estimate of drug-likeness (QED) is 0.487. The molecule has 1 aliphatic heterocycles. The molecular formula is C25H30N2O5S. The molecule has 8 heteroatoms. The Morgan fingerprint density at radius 3 is 2.33 bits per heavy atom. The van der Waals surface area contributed by atoms with Crippen LogP contribution in [0.15, 0.2) is 53.4 Å². The summed E-state index contributed by atoms with van der Waals surface area (Å²) in [6.07, 6.45) is 6.60. The fourth-order valence-corrected chi connectivity index (χ4v) is 5.10. The summed E-state index contributed by atoms with van der Waals surface area (Å²) >= 11 is 0. The molecule has 0 unspecified atom stereocenters. The molecule has 33 heavy (non-hydrogen) atoms. The van der Waals surface area contributed by atoms with E-state index in [1.165, 1.54) is 12.2 Å². The summed E-state index contributed by atoms with van der Waals surface area (Å²) in [6, 6.07) is 12.1. The van der Waals surface area contributed by atoms with E-state index >= 15 is 0 Å². The molecule has 1 heterocycles. The summed E-state index contributed by atoms with van der Waals surface area (Å²) in [6.45, 7) is 4.51. The third kappa shape index (κ3) is 7.00. The van der Waals surface area contributed by atoms with Gasteiger partial charge in [-0.05, 0) is 67.7 Å². The Morgan fingerprint density at radius 1 is 1.00 bits per heavy atom. The van der Waals surface area contributed by atoms with E-state index in [2.05, 4.69) is 5.32 Å². The van der Waals surface area contributed by atoms with Gasteiger partial charge < -0.3 is 10.1 Å². The second-order valence-electron chi connectivity index (χ2n) is 8.19. The smallest absolute Gasteiger partial charge is 0.331 e. The van der Waals surface area contributed by atoms with Crippen molar-refractivity contribution >= 4 is 33.7 Å². The van der Waals surface area contributed by atoms with Crippen LogP contribution in [0.5, 0.6) is 0 Å². The van der Waals surface area contributed by atoms with E-state index < -0.39 is 28.5 Å². The van der Waals surface area contributed by atoms with Gasteiger partial charge in [0.2, 0.25) is 10.0 Å². The van der Waals surface area contributed by atoms with Crippen LogP contribution in [0.2, 0.25) is 0 Å². The molecule has 0 bridgehead atoms. The van der Waals surface area contributed by atoms with Crippen LogP contribution in [0.4, 0.5) is 5.69 Å². The molecule has 1 fully saturated rings. The second kappa shape index (κ2) is 11.2. The number of hydrogen-bond donors (Lipinski definition) is 1. The summed E-state index contributed by atoms with van der Waals surface area (Å²) in [4.78, 5) is 24.3. The number of esters is 1. The minimum atomic E-state index is -3.51. The van der Waals surface area contributed by atoms with Crippen LogP contribution in [0.3, 0.4) is 0 Å². The first-order valence-electron chi connectivity index (χ1n) is 11.1. The molecule has 176 valence electrons. The van der Waals surface area contributed by atoms with Crippen LogP contribution in [-0.4, -0.2) is 44.3 Å². The standard InChI is InChI=1S/C25H30N2O5S/c1-19-7-8-20(2)23(17-19)26-24(28)18-32-25(29)14-11-21-9-12-22(13-10-21)33(30,31)27-15-5-3-4-6-16-27/h7-14,17H,3-6,15-16,18H2,1-2H3,(H,26,28)/b14-11+. The molecule has 2 aromatic rings. The summed E-state index contributed by atoms with van der Waals surface area (Å²) in [7, 11) is -3.51. The lowest BCUT2D eigenvalue weighted by molar-refractivity contribution is -0.142. The molecule has 1 saturated heterocycles. The first-order valence-corrected chi connectivity index (χ1v) is 12.5. The Morgan fingerprint density at radius 2 is 1.67 bits per heavy atom. The van der Waals surface area contributed by atoms with Gasteiger partial charge in [0.25, 0.3) is 5.91 Å². The number of rotatable bonds is 7. The van der Waals surface area contributed by atoms with E-state index in [0.717, 1.165) is 36.8 Å². The molecule has 3 rings (SSSR count). The van der Waals surface area contributed by atoms with Crippen molar-refractivity contribution in [1.29, 1.82) is 0 Å². The highest BCUT2D eigenvalue weighted by Crippen LogP contribution is 2.21. The Kier molecular flexibility index (Phi) is 8.41. The Bertz CT molecular complexity index is 1120. The summed E-state index contributed by atoms with van der Waals surface area (Å²) < 4.78 is 32.2. The maximum absolute atomic E-state index is 12.8. The Hall–Kier alpha value is -2.97. The first-order chi connectivity index (χ1) is 15.8. The number of ether oxygens (including phenoxy) is 1. The van der Waals surface area contributed by atoms with Gasteiger partial charge in [-0.1, -0.05) is 37.1 Å². The van der Waals surface area contributed by atoms with Crippen molar-refractivity contribution in [2.24, 2.45) is 0 Å². The van der Waals surface area contributed by atoms with Gasteiger partial charge in [0.15, 0.2) is 6.61 Å². The van der Waals surface area contributed by atoms with E-state index in [1.807, 2.05) is 32.0 Å². The van der Waals surface area contributed by atoms with E-state index in [9.17, 15) is 18.0 Å². The molecular weight excluding hydrogens is 440 g/mol. The fourth-order valence-electron chi connectivity index (χ4n) is 3.59. The number of nitrogens with one attached hydrogen (secondary N) is 1. The van der Waals surface area contributed by atoms with Crippen molar-refractivity contribution in [3.05, 3.63) is 65.2 Å². The lowest BCUT2D eigenvalue weighted by Crippen LogP contribution is -2.31. The monoisotopic (exact) mass is 470 g/mol. The first kappa shape index (κ1) is 24.7. The second-order valence-corrected chi connectivity index (χ2v) is 10.1. The third-order valence-corrected chi connectivity index (χ3v) is 7.42. The van der Waals surface area contributed by atoms with Crippen LogP contribution in [0.1, 0.15) is 42.4 Å². The zero-order chi connectivity index (χ0) is 23.8. The normalized spacial score (nSPS) is 15.2. The average Bonchev–Trinajstić information content (AvgIpc) is 3.09. The van der Waals surface area contributed by atoms with Gasteiger partial charge in [0.05, 0.1) is 4.90 Å². The highest BCUT2D eigenvalue weighted by atomic mass is 32.2. The van der Waals surface area contributed by atoms with Crippen molar-refractivity contribution in [2.75, 3.05) is 25.0 Å². The molecule has 0 saturated carbocycles. The predicted octanol–water partition coefficient (Wildman–Crippen LogP) is 4.06. The molecule has 1 aliphatic rings. The minimum Gasteiger partial charge on any atom is -0.452 e. The summed E-state index contributed by atoms with van der Waals surface area (Å²) in [5.74, 6) is -1.08. The van der Waals surface area contributed by atoms with Crippen molar-refractivity contribution in [3.63, 3.8) is 0 Å². The maximum atomic E-state index is 12.8. The van der Waals surface area contributed by atoms with Crippen LogP contribution in [-0.2, 0) is 24.3 Å². The van der Waals surface area contributed by atoms with E-state index in [0.29, 0.717) is 24.3 Å². The number of amides is 1. The fraction of sp³-hybridized carbons (Fsp3) is 0.360. The number of carbonyl (C=O) groups excluding carboxylic acids is 2. The molecule has 1 amide bonds. The zero-order valence-corrected chi connectivity index (χ0v) is 19.9. The number of anilines is 1. The summed E-state index contributed by atoms with van der Waals surface area (Å²) in [5, 5.41) is 2.73. The number of aryl methyl sites for hydroxylation is 2. The van der Waals surface area contributed by atoms with Gasteiger partial charge in [-0.25, -0.2) is 13.2 Å². The topological polar surface area (TPSA) is 92.8 Å². The number of hydrogen-bond acceptors (Lipinski definition) is 5. The van der Waals surface area contributed by atoms with Crippen LogP contribution in [0, 0.1) is 13.8 Å². The lowest BCUT2D eigenvalue weighted by atomic mass is 10.1. The van der Waals surface area contributed by atoms with Gasteiger partial charge in [-0.15, -0.1) is 0 Å². The zero-order valence-electron chi connectivity index (χ0n) is 19.0. The molecule has 0 aromatic heterocycles. The van der Waals surface area contributed by atoms with Crippen LogP contribution >= 0.6 is 0 Å². The van der Waals surface area contributed by atoms with E-state index in [4.69, 9.17) is 4.74 Å². The van der Waals surface area contributed by atoms with Gasteiger partial charge in [-0.2, -0.15) is 4.31 Å². The SMILES string of the molecule is Cc1ccc(C)c(NC(=O)COC(=O)/C=C/c2ccc(S(=O)(=O)N3CCCCCC3)cc2)c1. The summed E-state index contributed by atoms with van der Waals surface area (Å²) in [5.41, 5.74) is 3.27. The number of benzene rings is 2. The highest BCUT2D eigenvalue weighted by Gasteiger charge is 2.24. The minimum absolute atomic E-state index is 0.243. The van der Waals surface area contributed by atoms with Crippen molar-refractivity contribution < 1.29 is 22.7 Å². The van der Waals surface area contributed by atoms with E-state index in [-0.39, 0.29) is 4.90 Å². The van der Waals surface area contributed by atoms with Crippen LogP contribution < -0.4 is 5.32 Å². The van der Waals surface area contributed by atoms with Crippen LogP contribution in [0.25, 0.3) is 6.08 Å². The number of nitrogens with zero attached hydrogens (tertiary/aromatic N) is 1. The Balaban J connectivity index is 1.52. The maximum Gasteiger partial charge on any atom is 0.331 e. The lowest BCUT2D eigenvalue weighted by Gasteiger charge is -2.19. The van der Waals surface area contributed by atoms with Gasteiger partial charge in [0.1, 0.15) is 0 Å². The Labute approximate surface area is 195 Å². The number of sulfonamides is 1. The molecule has 1 N–H and O–H groups in total. The average molecular weight is 471 g/mol. The van der Waals surface area contributed by atoms with Crippen molar-refractivity contribution in [1.82, 2.24) is 4.31 Å². The molecule has 0 radical (unpaired) electrons. The van der Waals surface area contributed by atoms with Crippen molar-refractivity contribution in [2.45, 2.75) is 44.4 Å². The van der Waals surface area contributed by atoms with E-state index in [1.54, 1.807) is 28.6 Å². The largest absolute Gasteiger partial charge is 0.452 e. The highest BCUT2D eigenvalue weighted by molar-refractivity contribution is 7.89. The van der Waals surface area contributed by atoms with Crippen molar-refractivity contribution in [3.8, 4) is 0 Å². The predicted molar refractivity (Wildman–Crippen MR) is 128 cm³/mol. The van der Waals surface area contributed by atoms with Gasteiger partial charge in [0, 0.05) is 24.9 Å². The molecule has 7 nitrogen and oxygen atoms in total. The third-order valence-electron chi connectivity index (χ3n) is 5.51. The van der Waals surface area contributed by atoms with Gasteiger partial charge >= 0.3 is 5.97 Å². The van der Waals surface area contributed by atoms with Gasteiger partial charge in [-0.3, -0.25) is 4.79 Å². The molecule has 0 spiro atoms. The molecule has 2 aromatic carbocycles. The molecule has 0 atom stereocenters. The molecule has 0 aliphatic carbocycles. The number of carbonyl (C=O) groups is 2.